The van der Waals surface area contributed by atoms with Gasteiger partial charge in [-0.15, -0.1) is 0 Å². The van der Waals surface area contributed by atoms with Crippen molar-refractivity contribution in [3.05, 3.63) is 12.2 Å². The average Bonchev–Trinajstić information content (AvgIpc) is 2.80. The molecule has 0 heterocycles. The van der Waals surface area contributed by atoms with Crippen molar-refractivity contribution in [3.63, 3.8) is 0 Å². The Morgan fingerprint density at radius 3 is 1.19 bits per heavy atom. The van der Waals surface area contributed by atoms with Gasteiger partial charge >= 0.3 is 5.97 Å². The van der Waals surface area contributed by atoms with Crippen molar-refractivity contribution >= 4 is 5.97 Å². The van der Waals surface area contributed by atoms with Crippen LogP contribution in [0.25, 0.3) is 0 Å². The van der Waals surface area contributed by atoms with Gasteiger partial charge in [-0.05, 0) is 19.3 Å². The third kappa shape index (κ3) is 23.9. The Hall–Kier alpha value is -0.790. The lowest BCUT2D eigenvalue weighted by molar-refractivity contribution is -0.139. The molecule has 0 amide bonds. The second-order valence-electron chi connectivity index (χ2n) is 9.91. The van der Waals surface area contributed by atoms with Crippen LogP contribution in [0.15, 0.2) is 12.2 Å². The largest absolute Gasteiger partial charge is 0.462 e. The molecule has 0 aliphatic rings. The van der Waals surface area contributed by atoms with Gasteiger partial charge < -0.3 is 4.74 Å². The summed E-state index contributed by atoms with van der Waals surface area (Å²) in [7, 11) is 0. The highest BCUT2D eigenvalue weighted by Crippen LogP contribution is 2.15. The summed E-state index contributed by atoms with van der Waals surface area (Å²) < 4.78 is 5.39. The van der Waals surface area contributed by atoms with Crippen LogP contribution in [0, 0.1) is 0 Å². The Balaban J connectivity index is 3.30. The zero-order chi connectivity index (χ0) is 23.5. The van der Waals surface area contributed by atoms with E-state index in [4.69, 9.17) is 4.74 Å². The third-order valence-corrected chi connectivity index (χ3v) is 6.60. The first-order valence-corrected chi connectivity index (χ1v) is 14.6. The fourth-order valence-electron chi connectivity index (χ4n) is 4.31. The molecule has 0 unspecified atom stereocenters. The van der Waals surface area contributed by atoms with Gasteiger partial charge in [-0.3, -0.25) is 0 Å². The van der Waals surface area contributed by atoms with Crippen LogP contribution in [0.1, 0.15) is 168 Å². The van der Waals surface area contributed by atoms with Crippen LogP contribution >= 0.6 is 0 Å². The normalized spacial score (nSPS) is 11.1. The van der Waals surface area contributed by atoms with E-state index in [0.717, 1.165) is 19.3 Å². The summed E-state index contributed by atoms with van der Waals surface area (Å²) in [6, 6.07) is 0. The SMILES string of the molecule is C=C(CCCCCCCCCCCCCCCC)C(=O)OCCCCCCCCCCC. The first-order valence-electron chi connectivity index (χ1n) is 14.6. The zero-order valence-electron chi connectivity index (χ0n) is 22.2. The van der Waals surface area contributed by atoms with E-state index in [1.54, 1.807) is 0 Å². The molecule has 0 aromatic carbocycles. The van der Waals surface area contributed by atoms with Crippen molar-refractivity contribution in [2.24, 2.45) is 0 Å². The lowest BCUT2D eigenvalue weighted by Crippen LogP contribution is -2.08. The van der Waals surface area contributed by atoms with E-state index in [2.05, 4.69) is 20.4 Å². The molecular weight excluding hydrogens is 392 g/mol. The summed E-state index contributed by atoms with van der Waals surface area (Å²) in [4.78, 5) is 12.0. The Bertz CT molecular complexity index is 402. The van der Waals surface area contributed by atoms with Crippen LogP contribution < -0.4 is 0 Å². The van der Waals surface area contributed by atoms with Gasteiger partial charge in [0.25, 0.3) is 0 Å². The number of carbonyl (C=O) groups excluding carboxylic acids is 1. The number of hydrogen-bond donors (Lipinski definition) is 0. The highest BCUT2D eigenvalue weighted by atomic mass is 16.5. The van der Waals surface area contributed by atoms with Gasteiger partial charge in [0, 0.05) is 5.57 Å². The number of hydrogen-bond acceptors (Lipinski definition) is 2. The number of unbranched alkanes of at least 4 members (excludes halogenated alkanes) is 21. The van der Waals surface area contributed by atoms with Crippen LogP contribution in [0.5, 0.6) is 0 Å². The van der Waals surface area contributed by atoms with Crippen LogP contribution in [0.2, 0.25) is 0 Å². The van der Waals surface area contributed by atoms with Crippen molar-refractivity contribution in [1.82, 2.24) is 0 Å². The number of rotatable bonds is 26. The summed E-state index contributed by atoms with van der Waals surface area (Å²) in [5.74, 6) is -0.167. The van der Waals surface area contributed by atoms with Crippen molar-refractivity contribution < 1.29 is 9.53 Å². The van der Waals surface area contributed by atoms with Crippen molar-refractivity contribution in [3.8, 4) is 0 Å². The topological polar surface area (TPSA) is 26.3 Å². The Labute approximate surface area is 202 Å². The first-order chi connectivity index (χ1) is 15.7. The van der Waals surface area contributed by atoms with Gasteiger partial charge in [-0.1, -0.05) is 155 Å². The number of ether oxygens (including phenoxy) is 1. The molecule has 0 rings (SSSR count). The maximum absolute atomic E-state index is 12.0. The van der Waals surface area contributed by atoms with E-state index < -0.39 is 0 Å². The van der Waals surface area contributed by atoms with E-state index in [1.165, 1.54) is 135 Å². The van der Waals surface area contributed by atoms with Gasteiger partial charge in [0.2, 0.25) is 0 Å². The van der Waals surface area contributed by atoms with Crippen molar-refractivity contribution in [1.29, 1.82) is 0 Å². The Morgan fingerprint density at radius 1 is 0.500 bits per heavy atom. The summed E-state index contributed by atoms with van der Waals surface area (Å²) in [5, 5.41) is 0. The molecule has 0 saturated heterocycles. The molecule has 0 aromatic heterocycles. The van der Waals surface area contributed by atoms with E-state index >= 15 is 0 Å². The molecule has 2 nitrogen and oxygen atoms in total. The molecule has 0 aromatic rings. The Morgan fingerprint density at radius 2 is 0.812 bits per heavy atom. The van der Waals surface area contributed by atoms with Crippen molar-refractivity contribution in [2.75, 3.05) is 6.61 Å². The van der Waals surface area contributed by atoms with Crippen LogP contribution in [0.4, 0.5) is 0 Å². The summed E-state index contributed by atoms with van der Waals surface area (Å²) in [5.41, 5.74) is 0.667. The molecule has 2 heteroatoms. The zero-order valence-corrected chi connectivity index (χ0v) is 22.2. The molecule has 0 atom stereocenters. The van der Waals surface area contributed by atoms with Crippen LogP contribution in [-0.2, 0) is 9.53 Å². The fraction of sp³-hybridized carbons (Fsp3) is 0.900. The number of carbonyl (C=O) groups is 1. The minimum absolute atomic E-state index is 0.167. The predicted molar refractivity (Wildman–Crippen MR) is 142 cm³/mol. The summed E-state index contributed by atoms with van der Waals surface area (Å²) >= 11 is 0. The lowest BCUT2D eigenvalue weighted by Gasteiger charge is -2.07. The second kappa shape index (κ2) is 26.5. The molecule has 0 aliphatic carbocycles. The van der Waals surface area contributed by atoms with Crippen LogP contribution in [0.3, 0.4) is 0 Å². The molecular formula is C30H58O2. The molecule has 0 spiro atoms. The maximum Gasteiger partial charge on any atom is 0.333 e. The minimum atomic E-state index is -0.167. The van der Waals surface area contributed by atoms with E-state index in [1.807, 2.05) is 0 Å². The van der Waals surface area contributed by atoms with Gasteiger partial charge in [0.05, 0.1) is 6.61 Å². The van der Waals surface area contributed by atoms with Crippen LogP contribution in [-0.4, -0.2) is 12.6 Å². The first kappa shape index (κ1) is 31.2. The molecule has 0 saturated carbocycles. The van der Waals surface area contributed by atoms with Crippen molar-refractivity contribution in [2.45, 2.75) is 168 Å². The summed E-state index contributed by atoms with van der Waals surface area (Å²) in [6.45, 7) is 9.05. The van der Waals surface area contributed by atoms with E-state index in [-0.39, 0.29) is 5.97 Å². The molecule has 0 aliphatic heterocycles. The highest BCUT2D eigenvalue weighted by molar-refractivity contribution is 5.87. The van der Waals surface area contributed by atoms with Gasteiger partial charge in [0.1, 0.15) is 0 Å². The van der Waals surface area contributed by atoms with Gasteiger partial charge in [-0.2, -0.15) is 0 Å². The molecule has 0 fully saturated rings. The smallest absolute Gasteiger partial charge is 0.333 e. The number of esters is 1. The molecule has 190 valence electrons. The lowest BCUT2D eigenvalue weighted by atomic mass is 10.0. The van der Waals surface area contributed by atoms with Gasteiger partial charge in [-0.25, -0.2) is 4.79 Å². The Kier molecular flexibility index (Phi) is 25.8. The minimum Gasteiger partial charge on any atom is -0.462 e. The monoisotopic (exact) mass is 450 g/mol. The fourth-order valence-corrected chi connectivity index (χ4v) is 4.31. The second-order valence-corrected chi connectivity index (χ2v) is 9.91. The predicted octanol–water partition coefficient (Wildman–Crippen LogP) is 10.5. The summed E-state index contributed by atoms with van der Waals surface area (Å²) in [6.07, 6.45) is 31.4. The molecule has 32 heavy (non-hydrogen) atoms. The molecule has 0 radical (unpaired) electrons. The van der Waals surface area contributed by atoms with E-state index in [9.17, 15) is 4.79 Å². The quantitative estimate of drug-likeness (QED) is 0.0744. The highest BCUT2D eigenvalue weighted by Gasteiger charge is 2.07. The standard InChI is InChI=1S/C30H58O2/c1-4-6-8-10-12-14-15-16-17-18-19-21-23-25-27-29(3)30(31)32-28-26-24-22-20-13-11-9-7-5-2/h3-28H2,1-2H3. The average molecular weight is 451 g/mol. The third-order valence-electron chi connectivity index (χ3n) is 6.60. The molecule has 0 bridgehead atoms. The maximum atomic E-state index is 12.0. The molecule has 0 N–H and O–H groups in total. The van der Waals surface area contributed by atoms with E-state index in [0.29, 0.717) is 12.2 Å². The van der Waals surface area contributed by atoms with Gasteiger partial charge in [0.15, 0.2) is 0 Å².